The predicted octanol–water partition coefficient (Wildman–Crippen LogP) is 3.60. The Morgan fingerprint density at radius 3 is 2.62 bits per heavy atom. The Balaban J connectivity index is 1.46. The molecule has 0 atom stereocenters. The number of rotatable bonds is 3. The van der Waals surface area contributed by atoms with E-state index in [1.807, 2.05) is 19.1 Å². The lowest BCUT2D eigenvalue weighted by Crippen LogP contribution is -2.43. The van der Waals surface area contributed by atoms with Crippen LogP contribution < -0.4 is 0 Å². The van der Waals surface area contributed by atoms with Gasteiger partial charge in [0.1, 0.15) is 0 Å². The third kappa shape index (κ3) is 3.12. The molecule has 4 heterocycles. The van der Waals surface area contributed by atoms with Gasteiger partial charge in [0.05, 0.1) is 4.88 Å². The molecule has 0 aliphatic carbocycles. The summed E-state index contributed by atoms with van der Waals surface area (Å²) in [7, 11) is 0. The maximum Gasteiger partial charge on any atom is 0.264 e. The van der Waals surface area contributed by atoms with Crippen molar-refractivity contribution < 1.29 is 13.7 Å². The molecule has 1 saturated heterocycles. The quantitative estimate of drug-likeness (QED) is 0.702. The van der Waals surface area contributed by atoms with Crippen LogP contribution in [0.15, 0.2) is 41.2 Å². The van der Waals surface area contributed by atoms with Crippen molar-refractivity contribution in [1.29, 1.82) is 0 Å². The number of piperidine rings is 1. The van der Waals surface area contributed by atoms with Crippen molar-refractivity contribution in [3.8, 4) is 11.4 Å². The van der Waals surface area contributed by atoms with Crippen molar-refractivity contribution in [1.82, 2.24) is 20.0 Å². The van der Waals surface area contributed by atoms with Crippen LogP contribution in [0.2, 0.25) is 0 Å². The van der Waals surface area contributed by atoms with Crippen LogP contribution in [0.3, 0.4) is 0 Å². The van der Waals surface area contributed by atoms with Crippen molar-refractivity contribution in [2.24, 2.45) is 0 Å². The van der Waals surface area contributed by atoms with E-state index >= 15 is 4.39 Å². The van der Waals surface area contributed by atoms with Gasteiger partial charge in [0.25, 0.3) is 11.8 Å². The molecule has 1 fully saturated rings. The number of nitrogens with zero attached hydrogens (tertiary/aromatic N) is 4. The molecule has 0 aromatic carbocycles. The van der Waals surface area contributed by atoms with Crippen LogP contribution in [-0.4, -0.2) is 39.0 Å². The Labute approximate surface area is 153 Å². The highest BCUT2D eigenvalue weighted by molar-refractivity contribution is 7.13. The molecular weight excluding hydrogens is 355 g/mol. The largest absolute Gasteiger partial charge is 0.338 e. The van der Waals surface area contributed by atoms with Gasteiger partial charge in [-0.1, -0.05) is 5.16 Å². The summed E-state index contributed by atoms with van der Waals surface area (Å²) >= 11 is 1.46. The number of carbonyl (C=O) groups excluding carboxylic acids is 1. The zero-order valence-corrected chi connectivity index (χ0v) is 15.0. The average molecular weight is 372 g/mol. The number of halogens is 1. The van der Waals surface area contributed by atoms with Crippen molar-refractivity contribution in [3.63, 3.8) is 0 Å². The first-order chi connectivity index (χ1) is 12.5. The van der Waals surface area contributed by atoms with Crippen molar-refractivity contribution in [2.75, 3.05) is 13.1 Å². The number of hydrogen-bond donors (Lipinski definition) is 0. The fourth-order valence-corrected chi connectivity index (χ4v) is 3.84. The van der Waals surface area contributed by atoms with Gasteiger partial charge in [0.2, 0.25) is 5.82 Å². The molecule has 1 amide bonds. The number of aryl methyl sites for hydroxylation is 1. The number of amides is 1. The Kier molecular flexibility index (Phi) is 4.28. The molecule has 0 unspecified atom stereocenters. The van der Waals surface area contributed by atoms with Gasteiger partial charge in [-0.05, 0) is 31.2 Å². The van der Waals surface area contributed by atoms with Crippen LogP contribution in [0, 0.1) is 6.92 Å². The van der Waals surface area contributed by atoms with E-state index in [-0.39, 0.29) is 24.6 Å². The zero-order valence-electron chi connectivity index (χ0n) is 14.2. The number of aromatic nitrogens is 3. The molecule has 0 saturated carbocycles. The van der Waals surface area contributed by atoms with E-state index in [1.54, 1.807) is 29.4 Å². The minimum atomic E-state index is -1.71. The summed E-state index contributed by atoms with van der Waals surface area (Å²) in [5.41, 5.74) is -0.986. The van der Waals surface area contributed by atoms with E-state index in [4.69, 9.17) is 4.52 Å². The van der Waals surface area contributed by atoms with Crippen LogP contribution >= 0.6 is 11.3 Å². The molecule has 6 nitrogen and oxygen atoms in total. The molecular formula is C18H17FN4O2S. The lowest BCUT2D eigenvalue weighted by atomic mass is 9.93. The Morgan fingerprint density at radius 2 is 1.96 bits per heavy atom. The molecule has 1 aliphatic rings. The molecule has 1 aliphatic heterocycles. The van der Waals surface area contributed by atoms with Gasteiger partial charge in [0.15, 0.2) is 5.67 Å². The second-order valence-electron chi connectivity index (χ2n) is 6.33. The summed E-state index contributed by atoms with van der Waals surface area (Å²) in [5.74, 6) is 0.267. The molecule has 0 spiro atoms. The maximum absolute atomic E-state index is 15.3. The molecule has 0 radical (unpaired) electrons. The van der Waals surface area contributed by atoms with E-state index in [0.29, 0.717) is 23.8 Å². The summed E-state index contributed by atoms with van der Waals surface area (Å²) in [4.78, 5) is 24.1. The van der Waals surface area contributed by atoms with Gasteiger partial charge in [-0.3, -0.25) is 9.78 Å². The summed E-state index contributed by atoms with van der Waals surface area (Å²) in [6, 6.07) is 7.21. The van der Waals surface area contributed by atoms with Crippen LogP contribution in [0.4, 0.5) is 4.39 Å². The molecule has 134 valence electrons. The summed E-state index contributed by atoms with van der Waals surface area (Å²) in [5, 5.41) is 3.88. The highest BCUT2D eigenvalue weighted by atomic mass is 32.1. The number of hydrogen-bond acceptors (Lipinski definition) is 6. The van der Waals surface area contributed by atoms with Gasteiger partial charge in [-0.15, -0.1) is 11.3 Å². The minimum Gasteiger partial charge on any atom is -0.338 e. The molecule has 0 N–H and O–H groups in total. The smallest absolute Gasteiger partial charge is 0.264 e. The van der Waals surface area contributed by atoms with E-state index in [9.17, 15) is 4.79 Å². The van der Waals surface area contributed by atoms with Crippen molar-refractivity contribution >= 4 is 17.2 Å². The number of carbonyl (C=O) groups is 1. The number of pyridine rings is 1. The van der Waals surface area contributed by atoms with Gasteiger partial charge in [0, 0.05) is 48.8 Å². The number of likely N-dealkylation sites (tertiary alicyclic amines) is 1. The van der Waals surface area contributed by atoms with Gasteiger partial charge < -0.3 is 9.42 Å². The third-order valence-electron chi connectivity index (χ3n) is 4.54. The predicted molar refractivity (Wildman–Crippen MR) is 94.5 cm³/mol. The highest BCUT2D eigenvalue weighted by Gasteiger charge is 2.42. The molecule has 26 heavy (non-hydrogen) atoms. The van der Waals surface area contributed by atoms with E-state index in [1.165, 1.54) is 11.3 Å². The zero-order chi connectivity index (χ0) is 18.1. The Bertz CT molecular complexity index is 916. The molecule has 0 bridgehead atoms. The van der Waals surface area contributed by atoms with Gasteiger partial charge in [-0.25, -0.2) is 4.39 Å². The van der Waals surface area contributed by atoms with Crippen molar-refractivity contribution in [3.05, 3.63) is 52.3 Å². The summed E-state index contributed by atoms with van der Waals surface area (Å²) < 4.78 is 20.5. The fraction of sp³-hybridized carbons (Fsp3) is 0.333. The number of alkyl halides is 1. The van der Waals surface area contributed by atoms with Crippen LogP contribution in [-0.2, 0) is 5.67 Å². The van der Waals surface area contributed by atoms with E-state index in [2.05, 4.69) is 15.1 Å². The fourth-order valence-electron chi connectivity index (χ4n) is 3.01. The second-order valence-corrected chi connectivity index (χ2v) is 7.61. The first-order valence-electron chi connectivity index (χ1n) is 8.34. The normalized spacial score (nSPS) is 16.6. The Hall–Kier alpha value is -2.61. The third-order valence-corrected chi connectivity index (χ3v) is 5.53. The standard InChI is InChI=1S/C18H17FN4O2S/c1-12-2-3-14(26-12)16(24)23-10-6-18(19,7-11-23)17-21-15(22-25-17)13-4-8-20-9-5-13/h2-5,8-9H,6-7,10-11H2,1H3. The van der Waals surface area contributed by atoms with E-state index < -0.39 is 5.67 Å². The lowest BCUT2D eigenvalue weighted by Gasteiger charge is -2.33. The minimum absolute atomic E-state index is 0.0246. The topological polar surface area (TPSA) is 72.1 Å². The van der Waals surface area contributed by atoms with Gasteiger partial charge in [-0.2, -0.15) is 4.98 Å². The lowest BCUT2D eigenvalue weighted by molar-refractivity contribution is 0.0251. The SMILES string of the molecule is Cc1ccc(C(=O)N2CCC(F)(c3nc(-c4ccncc4)no3)CC2)s1. The van der Waals surface area contributed by atoms with Crippen LogP contribution in [0.1, 0.15) is 33.3 Å². The Morgan fingerprint density at radius 1 is 1.23 bits per heavy atom. The monoisotopic (exact) mass is 372 g/mol. The summed E-state index contributed by atoms with van der Waals surface area (Å²) in [6.07, 6.45) is 3.52. The van der Waals surface area contributed by atoms with Gasteiger partial charge >= 0.3 is 0 Å². The molecule has 4 rings (SSSR count). The van der Waals surface area contributed by atoms with E-state index in [0.717, 1.165) is 10.4 Å². The molecule has 3 aromatic rings. The summed E-state index contributed by atoms with van der Waals surface area (Å²) in [6.45, 7) is 2.60. The maximum atomic E-state index is 15.3. The van der Waals surface area contributed by atoms with Crippen molar-refractivity contribution in [2.45, 2.75) is 25.4 Å². The molecule has 8 heteroatoms. The molecule has 3 aromatic heterocycles. The van der Waals surface area contributed by atoms with Crippen LogP contribution in [0.5, 0.6) is 0 Å². The van der Waals surface area contributed by atoms with Crippen LogP contribution in [0.25, 0.3) is 11.4 Å². The highest BCUT2D eigenvalue weighted by Crippen LogP contribution is 2.37. The first kappa shape index (κ1) is 16.8. The second kappa shape index (κ2) is 6.60. The first-order valence-corrected chi connectivity index (χ1v) is 9.16. The number of thiophene rings is 1. The average Bonchev–Trinajstić information content (AvgIpc) is 3.32.